The van der Waals surface area contributed by atoms with E-state index >= 15 is 0 Å². The molecule has 1 atom stereocenters. The molecule has 1 amide bonds. The van der Waals surface area contributed by atoms with Crippen LogP contribution in [0.3, 0.4) is 0 Å². The van der Waals surface area contributed by atoms with Gasteiger partial charge < -0.3 is 10.1 Å². The largest absolute Gasteiger partial charge is 0.367 e. The maximum atomic E-state index is 11.8. The Balaban J connectivity index is 2.18. The Morgan fingerprint density at radius 1 is 1.39 bits per heavy atom. The molecule has 18 heavy (non-hydrogen) atoms. The minimum Gasteiger partial charge on any atom is -0.367 e. The van der Waals surface area contributed by atoms with E-state index in [2.05, 4.69) is 17.2 Å². The molecule has 1 fully saturated rings. The van der Waals surface area contributed by atoms with Crippen LogP contribution in [0.5, 0.6) is 0 Å². The number of amides is 1. The molecule has 102 valence electrons. The van der Waals surface area contributed by atoms with Crippen molar-refractivity contribution in [2.75, 3.05) is 6.61 Å². The molecule has 2 aliphatic rings. The quantitative estimate of drug-likeness (QED) is 0.834. The van der Waals surface area contributed by atoms with Crippen LogP contribution in [0.25, 0.3) is 0 Å². The number of nitrogens with one attached hydrogen (secondary N) is 1. The summed E-state index contributed by atoms with van der Waals surface area (Å²) in [6.45, 7) is 6.95. The van der Waals surface area contributed by atoms with E-state index in [1.54, 1.807) is 0 Å². The zero-order chi connectivity index (χ0) is 13.2. The summed E-state index contributed by atoms with van der Waals surface area (Å²) in [5.74, 6) is 1.57. The van der Waals surface area contributed by atoms with Crippen LogP contribution in [0.2, 0.25) is 0 Å². The van der Waals surface area contributed by atoms with E-state index in [4.69, 9.17) is 4.74 Å². The molecule has 0 aromatic rings. The number of amidine groups is 1. The highest BCUT2D eigenvalue weighted by atomic mass is 16.5. The second kappa shape index (κ2) is 5.39. The van der Waals surface area contributed by atoms with Gasteiger partial charge in [-0.25, -0.2) is 0 Å². The van der Waals surface area contributed by atoms with Crippen LogP contribution in [0.1, 0.15) is 52.9 Å². The van der Waals surface area contributed by atoms with Gasteiger partial charge in [-0.3, -0.25) is 9.79 Å². The molecular weight excluding hydrogens is 228 g/mol. The molecule has 0 bridgehead atoms. The molecule has 0 aromatic heterocycles. The number of hydrogen-bond donors (Lipinski definition) is 1. The summed E-state index contributed by atoms with van der Waals surface area (Å²) in [5, 5.41) is 2.95. The van der Waals surface area contributed by atoms with Gasteiger partial charge in [0.2, 0.25) is 5.91 Å². The molecule has 1 aliphatic carbocycles. The number of nitrogens with zero attached hydrogens (tertiary/aromatic N) is 1. The van der Waals surface area contributed by atoms with Crippen molar-refractivity contribution >= 4 is 11.7 Å². The first-order valence-corrected chi connectivity index (χ1v) is 7.14. The van der Waals surface area contributed by atoms with Gasteiger partial charge in [-0.1, -0.05) is 13.8 Å². The third-order valence-corrected chi connectivity index (χ3v) is 4.15. The Labute approximate surface area is 109 Å². The number of hydrogen-bond acceptors (Lipinski definition) is 3. The molecule has 0 spiro atoms. The Bertz CT molecular complexity index is 344. The second-order valence-corrected chi connectivity index (χ2v) is 5.50. The van der Waals surface area contributed by atoms with Gasteiger partial charge in [-0.05, 0) is 44.9 Å². The molecule has 1 saturated carbocycles. The molecule has 1 N–H and O–H groups in total. The highest BCUT2D eigenvalue weighted by Gasteiger charge is 2.43. The SMILES string of the molecule is CCOC1(C2=NC(CC)C(=O)N2)CCC(C)CC1. The third-order valence-electron chi connectivity index (χ3n) is 4.15. The first-order chi connectivity index (χ1) is 8.61. The van der Waals surface area contributed by atoms with Crippen LogP contribution >= 0.6 is 0 Å². The van der Waals surface area contributed by atoms with Crippen LogP contribution in [0.15, 0.2) is 4.99 Å². The number of carbonyl (C=O) groups is 1. The highest BCUT2D eigenvalue weighted by Crippen LogP contribution is 2.36. The summed E-state index contributed by atoms with van der Waals surface area (Å²) in [4.78, 5) is 16.3. The maximum absolute atomic E-state index is 11.8. The molecule has 1 heterocycles. The molecule has 0 aromatic carbocycles. The lowest BCUT2D eigenvalue weighted by molar-refractivity contribution is -0.120. The number of ether oxygens (including phenoxy) is 1. The fraction of sp³-hybridized carbons (Fsp3) is 0.857. The van der Waals surface area contributed by atoms with Gasteiger partial charge in [0.15, 0.2) is 0 Å². The molecule has 2 rings (SSSR count). The Morgan fingerprint density at radius 2 is 2.06 bits per heavy atom. The van der Waals surface area contributed by atoms with Gasteiger partial charge in [0.05, 0.1) is 0 Å². The molecule has 0 radical (unpaired) electrons. The Kier molecular flexibility index (Phi) is 4.05. The van der Waals surface area contributed by atoms with Crippen molar-refractivity contribution in [2.24, 2.45) is 10.9 Å². The van der Waals surface area contributed by atoms with Gasteiger partial charge >= 0.3 is 0 Å². The van der Waals surface area contributed by atoms with E-state index < -0.39 is 0 Å². The van der Waals surface area contributed by atoms with E-state index in [-0.39, 0.29) is 17.6 Å². The Hall–Kier alpha value is -0.900. The van der Waals surface area contributed by atoms with Crippen LogP contribution in [-0.2, 0) is 9.53 Å². The van der Waals surface area contributed by atoms with Crippen molar-refractivity contribution in [2.45, 2.75) is 64.5 Å². The van der Waals surface area contributed by atoms with Gasteiger partial charge in [0.1, 0.15) is 17.5 Å². The fourth-order valence-corrected chi connectivity index (χ4v) is 2.91. The third kappa shape index (κ3) is 2.44. The van der Waals surface area contributed by atoms with Crippen molar-refractivity contribution in [3.05, 3.63) is 0 Å². The first-order valence-electron chi connectivity index (χ1n) is 7.14. The molecule has 4 nitrogen and oxygen atoms in total. The van der Waals surface area contributed by atoms with Gasteiger partial charge in [0, 0.05) is 6.61 Å². The van der Waals surface area contributed by atoms with Crippen LogP contribution in [0.4, 0.5) is 0 Å². The van der Waals surface area contributed by atoms with Crippen molar-refractivity contribution in [1.29, 1.82) is 0 Å². The minimum atomic E-state index is -0.332. The summed E-state index contributed by atoms with van der Waals surface area (Å²) < 4.78 is 6.00. The lowest BCUT2D eigenvalue weighted by atomic mass is 9.78. The molecular formula is C14H24N2O2. The summed E-state index contributed by atoms with van der Waals surface area (Å²) in [6, 6.07) is -0.211. The fourth-order valence-electron chi connectivity index (χ4n) is 2.91. The van der Waals surface area contributed by atoms with E-state index in [0.29, 0.717) is 6.61 Å². The lowest BCUT2D eigenvalue weighted by Crippen LogP contribution is -2.50. The van der Waals surface area contributed by atoms with Crippen LogP contribution in [-0.4, -0.2) is 30.0 Å². The summed E-state index contributed by atoms with van der Waals surface area (Å²) in [5.41, 5.74) is -0.332. The predicted molar refractivity (Wildman–Crippen MR) is 71.6 cm³/mol. The van der Waals surface area contributed by atoms with E-state index in [1.807, 2.05) is 13.8 Å². The lowest BCUT2D eigenvalue weighted by Gasteiger charge is -2.38. The maximum Gasteiger partial charge on any atom is 0.250 e. The monoisotopic (exact) mass is 252 g/mol. The van der Waals surface area contributed by atoms with E-state index in [0.717, 1.165) is 43.9 Å². The standard InChI is InChI=1S/C14H24N2O2/c1-4-11-12(17)16-13(15-11)14(18-5-2)8-6-10(3)7-9-14/h10-11H,4-9H2,1-3H3,(H,15,16,17). The van der Waals surface area contributed by atoms with Crippen molar-refractivity contribution in [1.82, 2.24) is 5.32 Å². The molecule has 1 aliphatic heterocycles. The van der Waals surface area contributed by atoms with Crippen LogP contribution < -0.4 is 5.32 Å². The predicted octanol–water partition coefficient (Wildman–Crippen LogP) is 2.28. The highest BCUT2D eigenvalue weighted by molar-refractivity contribution is 6.09. The first kappa shape index (κ1) is 13.5. The smallest absolute Gasteiger partial charge is 0.250 e. The van der Waals surface area contributed by atoms with Gasteiger partial charge in [0.25, 0.3) is 0 Å². The van der Waals surface area contributed by atoms with Crippen LogP contribution in [0, 0.1) is 5.92 Å². The van der Waals surface area contributed by atoms with Crippen molar-refractivity contribution in [3.63, 3.8) is 0 Å². The summed E-state index contributed by atoms with van der Waals surface area (Å²) in [7, 11) is 0. The average Bonchev–Trinajstić information content (AvgIpc) is 2.75. The van der Waals surface area contributed by atoms with Crippen molar-refractivity contribution in [3.8, 4) is 0 Å². The molecule has 0 saturated heterocycles. The van der Waals surface area contributed by atoms with E-state index in [1.165, 1.54) is 0 Å². The number of rotatable bonds is 4. The van der Waals surface area contributed by atoms with E-state index in [9.17, 15) is 4.79 Å². The topological polar surface area (TPSA) is 50.7 Å². The minimum absolute atomic E-state index is 0.0326. The zero-order valence-electron chi connectivity index (χ0n) is 11.7. The molecule has 1 unspecified atom stereocenters. The van der Waals surface area contributed by atoms with Gasteiger partial charge in [-0.2, -0.15) is 0 Å². The Morgan fingerprint density at radius 3 is 2.56 bits per heavy atom. The normalized spacial score (nSPS) is 36.4. The zero-order valence-corrected chi connectivity index (χ0v) is 11.7. The molecule has 4 heteroatoms. The number of aliphatic imine (C=N–C) groups is 1. The van der Waals surface area contributed by atoms with Crippen molar-refractivity contribution < 1.29 is 9.53 Å². The average molecular weight is 252 g/mol. The number of carbonyl (C=O) groups excluding carboxylic acids is 1. The summed E-state index contributed by atoms with van der Waals surface area (Å²) >= 11 is 0. The second-order valence-electron chi connectivity index (χ2n) is 5.50. The van der Waals surface area contributed by atoms with Gasteiger partial charge in [-0.15, -0.1) is 0 Å². The summed E-state index contributed by atoms with van der Waals surface area (Å²) in [6.07, 6.45) is 4.99.